The molecule has 0 bridgehead atoms. The van der Waals surface area contributed by atoms with Crippen LogP contribution >= 0.6 is 27.3 Å². The Morgan fingerprint density at radius 2 is 2.29 bits per heavy atom. The Bertz CT molecular complexity index is 326. The van der Waals surface area contributed by atoms with Gasteiger partial charge in [0.2, 0.25) is 0 Å². The molecule has 78 valence electrons. The van der Waals surface area contributed by atoms with Crippen LogP contribution in [0.25, 0.3) is 0 Å². The van der Waals surface area contributed by atoms with Crippen molar-refractivity contribution in [3.05, 3.63) is 16.1 Å². The first-order chi connectivity index (χ1) is 6.52. The van der Waals surface area contributed by atoms with Crippen molar-refractivity contribution in [1.29, 1.82) is 0 Å². The van der Waals surface area contributed by atoms with Crippen molar-refractivity contribution in [2.45, 2.75) is 38.5 Å². The van der Waals surface area contributed by atoms with Crippen LogP contribution in [0.1, 0.15) is 43.8 Å². The fourth-order valence-corrected chi connectivity index (χ4v) is 3.27. The number of rotatable bonds is 2. The molecule has 0 radical (unpaired) electrons. The summed E-state index contributed by atoms with van der Waals surface area (Å²) in [7, 11) is 0. The zero-order valence-electron chi connectivity index (χ0n) is 8.88. The van der Waals surface area contributed by atoms with E-state index in [0.29, 0.717) is 0 Å². The number of halogens is 1. The maximum atomic E-state index is 4.74. The molecule has 0 aliphatic heterocycles. The Balaban J connectivity index is 2.12. The largest absolute Gasteiger partial charge is 0.245 e. The van der Waals surface area contributed by atoms with Crippen LogP contribution in [0.3, 0.4) is 0 Å². The van der Waals surface area contributed by atoms with Gasteiger partial charge in [0.05, 0.1) is 10.7 Å². The summed E-state index contributed by atoms with van der Waals surface area (Å²) in [6.07, 6.45) is 1.32. The van der Waals surface area contributed by atoms with E-state index in [2.05, 4.69) is 42.1 Å². The maximum absolute atomic E-state index is 4.74. The number of thiazole rings is 1. The standard InChI is InChI=1S/C11H16BrNS/c1-11(2,3)10-13-9(6-14-10)8-4-7(8)5-12/h6-8H,4-5H2,1-3H3. The quantitative estimate of drug-likeness (QED) is 0.744. The zero-order chi connectivity index (χ0) is 10.3. The van der Waals surface area contributed by atoms with Gasteiger partial charge >= 0.3 is 0 Å². The van der Waals surface area contributed by atoms with Crippen LogP contribution < -0.4 is 0 Å². The fraction of sp³-hybridized carbons (Fsp3) is 0.727. The summed E-state index contributed by atoms with van der Waals surface area (Å²) >= 11 is 5.35. The number of aromatic nitrogens is 1. The molecule has 1 aliphatic carbocycles. The van der Waals surface area contributed by atoms with Crippen molar-refractivity contribution in [3.8, 4) is 0 Å². The van der Waals surface area contributed by atoms with Crippen molar-refractivity contribution in [3.63, 3.8) is 0 Å². The molecule has 14 heavy (non-hydrogen) atoms. The van der Waals surface area contributed by atoms with Crippen molar-refractivity contribution >= 4 is 27.3 Å². The van der Waals surface area contributed by atoms with E-state index in [0.717, 1.165) is 17.2 Å². The third-order valence-electron chi connectivity index (χ3n) is 2.66. The predicted molar refractivity (Wildman–Crippen MR) is 65.5 cm³/mol. The van der Waals surface area contributed by atoms with Gasteiger partial charge in [-0.2, -0.15) is 0 Å². The summed E-state index contributed by atoms with van der Waals surface area (Å²) in [6, 6.07) is 0. The molecule has 1 saturated carbocycles. The highest BCUT2D eigenvalue weighted by molar-refractivity contribution is 9.09. The Hall–Kier alpha value is 0.110. The van der Waals surface area contributed by atoms with Gasteiger partial charge in [-0.25, -0.2) is 4.98 Å². The summed E-state index contributed by atoms with van der Waals surface area (Å²) in [5, 5.41) is 4.64. The Kier molecular flexibility index (Phi) is 2.73. The molecule has 0 amide bonds. The molecule has 2 rings (SSSR count). The topological polar surface area (TPSA) is 12.9 Å². The third kappa shape index (κ3) is 2.03. The predicted octanol–water partition coefficient (Wildman–Crippen LogP) is 3.94. The SMILES string of the molecule is CC(C)(C)c1nc(C2CC2CBr)cs1. The first-order valence-electron chi connectivity index (χ1n) is 5.04. The lowest BCUT2D eigenvalue weighted by Crippen LogP contribution is -2.10. The van der Waals surface area contributed by atoms with E-state index in [-0.39, 0.29) is 5.41 Å². The second-order valence-corrected chi connectivity index (χ2v) is 6.59. The maximum Gasteiger partial charge on any atom is 0.0981 e. The van der Waals surface area contributed by atoms with E-state index >= 15 is 0 Å². The Morgan fingerprint density at radius 1 is 1.57 bits per heavy atom. The molecule has 1 aromatic heterocycles. The minimum atomic E-state index is 0.210. The molecule has 1 aliphatic rings. The van der Waals surface area contributed by atoms with Crippen LogP contribution in [-0.4, -0.2) is 10.3 Å². The first-order valence-corrected chi connectivity index (χ1v) is 7.04. The number of hydrogen-bond donors (Lipinski definition) is 0. The van der Waals surface area contributed by atoms with Gasteiger partial charge in [0.15, 0.2) is 0 Å². The van der Waals surface area contributed by atoms with Crippen LogP contribution in [-0.2, 0) is 5.41 Å². The normalized spacial score (nSPS) is 26.6. The monoisotopic (exact) mass is 273 g/mol. The molecule has 0 saturated heterocycles. The number of alkyl halides is 1. The Morgan fingerprint density at radius 3 is 2.71 bits per heavy atom. The molecule has 1 aromatic rings. The summed E-state index contributed by atoms with van der Waals surface area (Å²) < 4.78 is 0. The number of hydrogen-bond acceptors (Lipinski definition) is 2. The van der Waals surface area contributed by atoms with Gasteiger partial charge in [-0.05, 0) is 12.3 Å². The van der Waals surface area contributed by atoms with Gasteiger partial charge in [-0.15, -0.1) is 11.3 Å². The van der Waals surface area contributed by atoms with E-state index in [1.807, 2.05) is 11.3 Å². The van der Waals surface area contributed by atoms with Gasteiger partial charge in [0.1, 0.15) is 0 Å². The molecule has 0 spiro atoms. The van der Waals surface area contributed by atoms with Crippen molar-refractivity contribution in [2.75, 3.05) is 5.33 Å². The highest BCUT2D eigenvalue weighted by Gasteiger charge is 2.39. The zero-order valence-corrected chi connectivity index (χ0v) is 11.3. The van der Waals surface area contributed by atoms with E-state index in [9.17, 15) is 0 Å². The van der Waals surface area contributed by atoms with Crippen LogP contribution in [0.15, 0.2) is 5.38 Å². The van der Waals surface area contributed by atoms with Crippen LogP contribution in [0.5, 0.6) is 0 Å². The molecule has 1 nitrogen and oxygen atoms in total. The van der Waals surface area contributed by atoms with E-state index in [1.165, 1.54) is 17.1 Å². The summed E-state index contributed by atoms with van der Waals surface area (Å²) in [6.45, 7) is 6.68. The molecule has 1 fully saturated rings. The van der Waals surface area contributed by atoms with Gasteiger partial charge in [-0.1, -0.05) is 36.7 Å². The lowest BCUT2D eigenvalue weighted by Gasteiger charge is -2.13. The molecule has 2 unspecified atom stereocenters. The van der Waals surface area contributed by atoms with Crippen molar-refractivity contribution in [2.24, 2.45) is 5.92 Å². The molecule has 2 atom stereocenters. The molecule has 3 heteroatoms. The van der Waals surface area contributed by atoms with Crippen molar-refractivity contribution < 1.29 is 0 Å². The molecule has 1 heterocycles. The van der Waals surface area contributed by atoms with Gasteiger partial charge in [0.25, 0.3) is 0 Å². The average Bonchev–Trinajstić information content (AvgIpc) is 2.71. The second-order valence-electron chi connectivity index (χ2n) is 5.08. The highest BCUT2D eigenvalue weighted by Crippen LogP contribution is 2.48. The van der Waals surface area contributed by atoms with Gasteiger partial charge < -0.3 is 0 Å². The second kappa shape index (κ2) is 3.60. The minimum absolute atomic E-state index is 0.210. The molecular weight excluding hydrogens is 258 g/mol. The lowest BCUT2D eigenvalue weighted by atomic mass is 9.98. The highest BCUT2D eigenvalue weighted by atomic mass is 79.9. The van der Waals surface area contributed by atoms with Crippen LogP contribution in [0.2, 0.25) is 0 Å². The van der Waals surface area contributed by atoms with E-state index in [4.69, 9.17) is 4.98 Å². The molecular formula is C11H16BrNS. The summed E-state index contributed by atoms with van der Waals surface area (Å²) in [4.78, 5) is 4.74. The van der Waals surface area contributed by atoms with Crippen LogP contribution in [0.4, 0.5) is 0 Å². The lowest BCUT2D eigenvalue weighted by molar-refractivity contribution is 0.582. The summed E-state index contributed by atoms with van der Waals surface area (Å²) in [5.41, 5.74) is 1.53. The van der Waals surface area contributed by atoms with Gasteiger partial charge in [-0.3, -0.25) is 0 Å². The third-order valence-corrected chi connectivity index (χ3v) is 4.78. The van der Waals surface area contributed by atoms with Gasteiger partial charge in [0, 0.05) is 22.0 Å². The minimum Gasteiger partial charge on any atom is -0.245 e. The first kappa shape index (κ1) is 10.6. The Labute approximate surface area is 98.1 Å². The molecule has 0 aromatic carbocycles. The summed E-state index contributed by atoms with van der Waals surface area (Å²) in [5.74, 6) is 1.58. The average molecular weight is 274 g/mol. The number of nitrogens with zero attached hydrogens (tertiary/aromatic N) is 1. The fourth-order valence-electron chi connectivity index (χ4n) is 1.58. The van der Waals surface area contributed by atoms with Crippen LogP contribution in [0, 0.1) is 5.92 Å². The van der Waals surface area contributed by atoms with Crippen molar-refractivity contribution in [1.82, 2.24) is 4.98 Å². The van der Waals surface area contributed by atoms with E-state index in [1.54, 1.807) is 0 Å². The smallest absolute Gasteiger partial charge is 0.0981 e. The van der Waals surface area contributed by atoms with E-state index < -0.39 is 0 Å². The molecule has 0 N–H and O–H groups in total.